The lowest BCUT2D eigenvalue weighted by Gasteiger charge is -2.17. The summed E-state index contributed by atoms with van der Waals surface area (Å²) in [6.45, 7) is 5.44. The molecule has 0 aliphatic carbocycles. The lowest BCUT2D eigenvalue weighted by molar-refractivity contribution is 0.686. The number of aromatic amines is 1. The maximum atomic E-state index is 13.0. The van der Waals surface area contributed by atoms with Crippen molar-refractivity contribution >= 4 is 21.9 Å². The van der Waals surface area contributed by atoms with E-state index in [1.165, 1.54) is 10.8 Å². The maximum Gasteiger partial charge on any atom is 0.333 e. The Labute approximate surface area is 193 Å². The molecule has 0 radical (unpaired) electrons. The van der Waals surface area contributed by atoms with Crippen LogP contribution in [0.1, 0.15) is 25.2 Å². The molecule has 0 saturated heterocycles. The molecule has 4 aromatic heterocycles. The summed E-state index contributed by atoms with van der Waals surface area (Å²) in [5, 5.41) is 9.67. The molecule has 5 aromatic rings. The molecule has 0 atom stereocenters. The summed E-state index contributed by atoms with van der Waals surface area (Å²) in [4.78, 5) is 45.6. The molecule has 9 nitrogen and oxygen atoms in total. The fourth-order valence-corrected chi connectivity index (χ4v) is 3.79. The summed E-state index contributed by atoms with van der Waals surface area (Å²) in [7, 11) is 0. The Morgan fingerprint density at radius 1 is 0.971 bits per heavy atom. The van der Waals surface area contributed by atoms with Gasteiger partial charge in [-0.05, 0) is 50.6 Å². The van der Waals surface area contributed by atoms with Crippen LogP contribution in [0.4, 0.5) is 0 Å². The Kier molecular flexibility index (Phi) is 4.79. The number of pyridine rings is 2. The fraction of sp³-hybridized carbons (Fsp3) is 0.160. The summed E-state index contributed by atoms with van der Waals surface area (Å²) in [6.07, 6.45) is 4.78. The van der Waals surface area contributed by atoms with Crippen LogP contribution in [0, 0.1) is 18.3 Å². The summed E-state index contributed by atoms with van der Waals surface area (Å²) in [5.74, 6) is 0.639. The first kappa shape index (κ1) is 21.2. The topological polar surface area (TPSA) is 130 Å². The zero-order valence-corrected chi connectivity index (χ0v) is 18.7. The Morgan fingerprint density at radius 3 is 2.35 bits per heavy atom. The van der Waals surface area contributed by atoms with Crippen molar-refractivity contribution < 1.29 is 0 Å². The van der Waals surface area contributed by atoms with Gasteiger partial charge in [-0.1, -0.05) is 12.1 Å². The van der Waals surface area contributed by atoms with Gasteiger partial charge in [0.05, 0.1) is 39.3 Å². The Morgan fingerprint density at radius 2 is 1.68 bits per heavy atom. The van der Waals surface area contributed by atoms with E-state index in [0.29, 0.717) is 39.3 Å². The highest BCUT2D eigenvalue weighted by molar-refractivity contribution is 6.01. The quantitative estimate of drug-likeness (QED) is 0.419. The van der Waals surface area contributed by atoms with E-state index in [-0.39, 0.29) is 5.39 Å². The van der Waals surface area contributed by atoms with Crippen molar-refractivity contribution in [1.29, 1.82) is 5.26 Å². The molecule has 0 aliphatic rings. The lowest BCUT2D eigenvalue weighted by Crippen LogP contribution is -2.29. The van der Waals surface area contributed by atoms with Crippen LogP contribution in [-0.2, 0) is 5.41 Å². The van der Waals surface area contributed by atoms with Gasteiger partial charge in [-0.25, -0.2) is 19.7 Å². The Bertz CT molecular complexity index is 1730. The second-order valence-electron chi connectivity index (χ2n) is 8.48. The largest absolute Gasteiger partial charge is 0.333 e. The number of aromatic nitrogens is 6. The molecule has 0 saturated carbocycles. The minimum atomic E-state index is -0.681. The SMILES string of the molecule is Cc1ncc(-c2ccc3ncc4c(=O)[nH]c(=O)n(-c5ccc(C(C)(C)C#N)cc5)c4c3n2)cn1. The van der Waals surface area contributed by atoms with Gasteiger partial charge in [0.2, 0.25) is 0 Å². The van der Waals surface area contributed by atoms with E-state index in [1.807, 2.05) is 13.8 Å². The molecule has 166 valence electrons. The van der Waals surface area contributed by atoms with Crippen molar-refractivity contribution in [1.82, 2.24) is 29.5 Å². The van der Waals surface area contributed by atoms with E-state index in [9.17, 15) is 14.9 Å². The molecule has 1 N–H and O–H groups in total. The highest BCUT2D eigenvalue weighted by atomic mass is 16.2. The molecule has 0 aliphatic heterocycles. The number of aryl methyl sites for hydroxylation is 1. The highest BCUT2D eigenvalue weighted by Gasteiger charge is 2.20. The Hall–Kier alpha value is -4.71. The molecule has 0 unspecified atom stereocenters. The number of hydrogen-bond acceptors (Lipinski definition) is 7. The molecule has 4 heterocycles. The zero-order chi connectivity index (χ0) is 24.0. The van der Waals surface area contributed by atoms with Crippen molar-refractivity contribution in [3.05, 3.63) is 87.2 Å². The second-order valence-corrected chi connectivity index (χ2v) is 8.48. The van der Waals surface area contributed by atoms with E-state index in [2.05, 4.69) is 26.0 Å². The number of hydrogen-bond donors (Lipinski definition) is 1. The number of H-pyrrole nitrogens is 1. The summed E-state index contributed by atoms with van der Waals surface area (Å²) in [5.41, 5.74) is 2.10. The van der Waals surface area contributed by atoms with Crippen molar-refractivity contribution in [3.63, 3.8) is 0 Å². The van der Waals surface area contributed by atoms with Crippen LogP contribution < -0.4 is 11.2 Å². The van der Waals surface area contributed by atoms with Gasteiger partial charge in [-0.3, -0.25) is 19.3 Å². The standard InChI is InChI=1S/C25H19N7O2/c1-14-27-10-15(11-28-14)19-8-9-20-21(30-19)22-18(12-29-20)23(33)31-24(34)32(22)17-6-4-16(5-7-17)25(2,3)13-26/h4-12H,1-3H3,(H,31,33,34). The van der Waals surface area contributed by atoms with E-state index in [1.54, 1.807) is 55.7 Å². The maximum absolute atomic E-state index is 13.0. The summed E-state index contributed by atoms with van der Waals surface area (Å²) < 4.78 is 1.41. The van der Waals surface area contributed by atoms with Crippen LogP contribution >= 0.6 is 0 Å². The third-order valence-corrected chi connectivity index (χ3v) is 5.78. The number of nitriles is 1. The van der Waals surface area contributed by atoms with Crippen molar-refractivity contribution in [3.8, 4) is 23.0 Å². The molecule has 5 rings (SSSR count). The van der Waals surface area contributed by atoms with Crippen LogP contribution in [0.15, 0.2) is 64.6 Å². The van der Waals surface area contributed by atoms with Crippen LogP contribution in [0.3, 0.4) is 0 Å². The van der Waals surface area contributed by atoms with Crippen LogP contribution in [-0.4, -0.2) is 29.5 Å². The van der Waals surface area contributed by atoms with Crippen LogP contribution in [0.2, 0.25) is 0 Å². The minimum absolute atomic E-state index is 0.235. The van der Waals surface area contributed by atoms with E-state index in [0.717, 1.165) is 5.56 Å². The molecular formula is C25H19N7O2. The molecule has 0 fully saturated rings. The number of fused-ring (bicyclic) bond motifs is 3. The van der Waals surface area contributed by atoms with Crippen molar-refractivity contribution in [2.75, 3.05) is 0 Å². The second kappa shape index (κ2) is 7.71. The Balaban J connectivity index is 1.82. The highest BCUT2D eigenvalue weighted by Crippen LogP contribution is 2.27. The van der Waals surface area contributed by atoms with Gasteiger partial charge in [-0.2, -0.15) is 5.26 Å². The van der Waals surface area contributed by atoms with E-state index >= 15 is 0 Å². The first-order valence-electron chi connectivity index (χ1n) is 10.5. The summed E-state index contributed by atoms with van der Waals surface area (Å²) in [6, 6.07) is 12.9. The molecule has 9 heteroatoms. The average molecular weight is 449 g/mol. The molecule has 1 aromatic carbocycles. The van der Waals surface area contributed by atoms with Crippen LogP contribution in [0.5, 0.6) is 0 Å². The molecule has 0 amide bonds. The zero-order valence-electron chi connectivity index (χ0n) is 18.7. The van der Waals surface area contributed by atoms with E-state index < -0.39 is 16.7 Å². The van der Waals surface area contributed by atoms with Gasteiger partial charge < -0.3 is 0 Å². The molecule has 34 heavy (non-hydrogen) atoms. The first-order chi connectivity index (χ1) is 16.3. The average Bonchev–Trinajstić information content (AvgIpc) is 2.84. The van der Waals surface area contributed by atoms with Crippen molar-refractivity contribution in [2.24, 2.45) is 0 Å². The normalized spacial score (nSPS) is 11.6. The van der Waals surface area contributed by atoms with Gasteiger partial charge in [0.25, 0.3) is 5.56 Å². The third kappa shape index (κ3) is 3.42. The van der Waals surface area contributed by atoms with Gasteiger partial charge in [-0.15, -0.1) is 0 Å². The predicted octanol–water partition coefficient (Wildman–Crippen LogP) is 3.19. The predicted molar refractivity (Wildman–Crippen MR) is 128 cm³/mol. The molecular weight excluding hydrogens is 430 g/mol. The lowest BCUT2D eigenvalue weighted by atomic mass is 9.86. The van der Waals surface area contributed by atoms with Gasteiger partial charge in [0.15, 0.2) is 0 Å². The smallest absolute Gasteiger partial charge is 0.273 e. The van der Waals surface area contributed by atoms with Gasteiger partial charge in [0, 0.05) is 24.2 Å². The number of nitrogens with zero attached hydrogens (tertiary/aromatic N) is 6. The summed E-state index contributed by atoms with van der Waals surface area (Å²) >= 11 is 0. The van der Waals surface area contributed by atoms with Gasteiger partial charge in [0.1, 0.15) is 11.3 Å². The molecule has 0 spiro atoms. The number of benzene rings is 1. The first-order valence-corrected chi connectivity index (χ1v) is 10.5. The van der Waals surface area contributed by atoms with Gasteiger partial charge >= 0.3 is 5.69 Å². The number of nitrogens with one attached hydrogen (secondary N) is 1. The molecule has 0 bridgehead atoms. The van der Waals surface area contributed by atoms with Crippen molar-refractivity contribution in [2.45, 2.75) is 26.2 Å². The van der Waals surface area contributed by atoms with E-state index in [4.69, 9.17) is 4.98 Å². The fourth-order valence-electron chi connectivity index (χ4n) is 3.79. The third-order valence-electron chi connectivity index (χ3n) is 5.78. The minimum Gasteiger partial charge on any atom is -0.273 e. The monoisotopic (exact) mass is 449 g/mol. The number of rotatable bonds is 3. The van der Waals surface area contributed by atoms with Crippen LogP contribution in [0.25, 0.3) is 38.9 Å².